The van der Waals surface area contributed by atoms with Crippen LogP contribution in [0.15, 0.2) is 223 Å². The summed E-state index contributed by atoms with van der Waals surface area (Å²) in [5.74, 6) is 0. The van der Waals surface area contributed by atoms with Gasteiger partial charge < -0.3 is 18.1 Å². The van der Waals surface area contributed by atoms with E-state index in [9.17, 15) is 5.26 Å². The van der Waals surface area contributed by atoms with Crippen LogP contribution in [0, 0.1) is 11.3 Å². The average Bonchev–Trinajstić information content (AvgIpc) is 4.12. The van der Waals surface area contributed by atoms with Crippen LogP contribution in [0.5, 0.6) is 0 Å². The molecule has 0 aliphatic rings. The highest BCUT2D eigenvalue weighted by molar-refractivity contribution is 6.26. The van der Waals surface area contributed by atoms with Crippen molar-refractivity contribution in [1.29, 1.82) is 5.26 Å². The molecule has 0 atom stereocenters. The fourth-order valence-electron chi connectivity index (χ4n) is 10.7. The molecule has 0 fully saturated rings. The second kappa shape index (κ2) is 13.9. The van der Waals surface area contributed by atoms with Crippen LogP contribution in [-0.4, -0.2) is 13.7 Å². The lowest BCUT2D eigenvalue weighted by Crippen LogP contribution is -2.00. The third-order valence-corrected chi connectivity index (χ3v) is 13.6. The summed E-state index contributed by atoms with van der Waals surface area (Å²) < 4.78 is 13.9. The summed E-state index contributed by atoms with van der Waals surface area (Å²) in [4.78, 5) is 0. The molecule has 14 rings (SSSR count). The Kier molecular flexibility index (Phi) is 7.69. The van der Waals surface area contributed by atoms with Gasteiger partial charge in [-0.3, -0.25) is 0 Å². The fourth-order valence-corrected chi connectivity index (χ4v) is 10.7. The second-order valence-corrected chi connectivity index (χ2v) is 17.2. The number of aromatic nitrogens is 3. The van der Waals surface area contributed by atoms with Gasteiger partial charge in [0.05, 0.1) is 44.7 Å². The molecule has 10 aromatic carbocycles. The van der Waals surface area contributed by atoms with E-state index in [0.717, 1.165) is 83.3 Å². The number of benzene rings is 10. The molecule has 0 saturated heterocycles. The molecule has 0 radical (unpaired) electrons. The maximum absolute atomic E-state index is 9.43. The van der Waals surface area contributed by atoms with Crippen molar-refractivity contribution < 1.29 is 4.42 Å². The molecule has 0 amide bonds. The van der Waals surface area contributed by atoms with E-state index in [-0.39, 0.29) is 0 Å². The molecule has 5 nitrogen and oxygen atoms in total. The maximum Gasteiger partial charge on any atom is 0.137 e. The summed E-state index contributed by atoms with van der Waals surface area (Å²) in [6.07, 6.45) is 0. The number of rotatable bonds is 5. The molecule has 14 aromatic rings. The molecule has 306 valence electrons. The molecule has 0 unspecified atom stereocenters. The normalized spacial score (nSPS) is 11.9. The van der Waals surface area contributed by atoms with E-state index in [1.807, 2.05) is 36.4 Å². The number of hydrogen-bond donors (Lipinski definition) is 0. The summed E-state index contributed by atoms with van der Waals surface area (Å²) in [7, 11) is 0. The monoisotopic (exact) mass is 840 g/mol. The number of nitriles is 1. The van der Waals surface area contributed by atoms with Crippen LogP contribution in [-0.2, 0) is 0 Å². The summed E-state index contributed by atoms with van der Waals surface area (Å²) in [5, 5.41) is 18.9. The predicted molar refractivity (Wildman–Crippen MR) is 272 cm³/mol. The van der Waals surface area contributed by atoms with Crippen molar-refractivity contribution >= 4 is 87.4 Å². The van der Waals surface area contributed by atoms with Crippen molar-refractivity contribution in [2.75, 3.05) is 0 Å². The minimum absolute atomic E-state index is 0.651. The molecule has 0 saturated carbocycles. The van der Waals surface area contributed by atoms with E-state index in [1.54, 1.807) is 0 Å². The van der Waals surface area contributed by atoms with Crippen LogP contribution >= 0.6 is 0 Å². The molecule has 5 heteroatoms. The topological polar surface area (TPSA) is 51.7 Å². The summed E-state index contributed by atoms with van der Waals surface area (Å²) in [5.41, 5.74) is 16.8. The number of hydrogen-bond acceptors (Lipinski definition) is 2. The van der Waals surface area contributed by atoms with Crippen molar-refractivity contribution in [2.45, 2.75) is 0 Å². The largest absolute Gasteiger partial charge is 0.456 e. The summed E-state index contributed by atoms with van der Waals surface area (Å²) in [6.45, 7) is 0. The van der Waals surface area contributed by atoms with E-state index >= 15 is 0 Å². The van der Waals surface area contributed by atoms with E-state index in [1.165, 1.54) is 43.4 Å². The van der Waals surface area contributed by atoms with E-state index in [0.29, 0.717) is 5.56 Å². The Hall–Kier alpha value is -9.11. The lowest BCUT2D eigenvalue weighted by Gasteiger charge is -2.16. The molecule has 0 spiro atoms. The molecule has 4 heterocycles. The van der Waals surface area contributed by atoms with Crippen LogP contribution in [0.4, 0.5) is 0 Å². The molecule has 0 bridgehead atoms. The van der Waals surface area contributed by atoms with Crippen molar-refractivity contribution in [3.63, 3.8) is 0 Å². The Morgan fingerprint density at radius 1 is 0.318 bits per heavy atom. The molecule has 66 heavy (non-hydrogen) atoms. The zero-order valence-electron chi connectivity index (χ0n) is 35.5. The van der Waals surface area contributed by atoms with Crippen LogP contribution in [0.1, 0.15) is 5.56 Å². The van der Waals surface area contributed by atoms with Gasteiger partial charge in [0.15, 0.2) is 0 Å². The minimum atomic E-state index is 0.651. The van der Waals surface area contributed by atoms with Crippen LogP contribution in [0.2, 0.25) is 0 Å². The van der Waals surface area contributed by atoms with Gasteiger partial charge in [-0.2, -0.15) is 5.26 Å². The van der Waals surface area contributed by atoms with Gasteiger partial charge in [0.25, 0.3) is 0 Å². The average molecular weight is 841 g/mol. The van der Waals surface area contributed by atoms with Gasteiger partial charge in [0.1, 0.15) is 11.2 Å². The van der Waals surface area contributed by atoms with Crippen molar-refractivity contribution in [1.82, 2.24) is 13.7 Å². The Bertz CT molecular complexity index is 4330. The second-order valence-electron chi connectivity index (χ2n) is 17.2. The van der Waals surface area contributed by atoms with Crippen molar-refractivity contribution in [3.05, 3.63) is 224 Å². The van der Waals surface area contributed by atoms with Gasteiger partial charge in [0.2, 0.25) is 0 Å². The van der Waals surface area contributed by atoms with Crippen molar-refractivity contribution in [3.8, 4) is 45.4 Å². The molecular weight excluding hydrogens is 805 g/mol. The highest BCUT2D eigenvalue weighted by Crippen LogP contribution is 2.44. The smallest absolute Gasteiger partial charge is 0.137 e. The van der Waals surface area contributed by atoms with E-state index in [2.05, 4.69) is 202 Å². The minimum Gasteiger partial charge on any atom is -0.456 e. The van der Waals surface area contributed by atoms with Crippen LogP contribution in [0.25, 0.3) is 127 Å². The van der Waals surface area contributed by atoms with Crippen molar-refractivity contribution in [2.24, 2.45) is 0 Å². The number of nitrogens with zero attached hydrogens (tertiary/aromatic N) is 4. The molecule has 0 N–H and O–H groups in total. The first-order valence-electron chi connectivity index (χ1n) is 22.3. The SMILES string of the molecule is N#Cc1ccc(-c2ccc(-c3cc(-n4c5ccccc5c5cc6c(cc54)oc4ccccc46)cc(-n4c5ccccc5c5c4ccc4c6ccccc6n(-c6ccccc6)c45)c3)cc2)cc1. The van der Waals surface area contributed by atoms with Crippen LogP contribution in [0.3, 0.4) is 0 Å². The van der Waals surface area contributed by atoms with Gasteiger partial charge in [0, 0.05) is 66.2 Å². The maximum atomic E-state index is 9.43. The van der Waals surface area contributed by atoms with Gasteiger partial charge in [-0.15, -0.1) is 0 Å². The molecule has 0 aliphatic heterocycles. The Morgan fingerprint density at radius 3 is 1.56 bits per heavy atom. The molecule has 4 aromatic heterocycles. The number of para-hydroxylation sites is 5. The molecular formula is C61H36N4O. The first kappa shape index (κ1) is 36.4. The van der Waals surface area contributed by atoms with E-state index < -0.39 is 0 Å². The third kappa shape index (κ3) is 5.27. The highest BCUT2D eigenvalue weighted by Gasteiger charge is 2.23. The lowest BCUT2D eigenvalue weighted by atomic mass is 9.99. The summed E-state index contributed by atoms with van der Waals surface area (Å²) in [6, 6.07) is 80.4. The van der Waals surface area contributed by atoms with Crippen LogP contribution < -0.4 is 0 Å². The fraction of sp³-hybridized carbons (Fsp3) is 0. The third-order valence-electron chi connectivity index (χ3n) is 13.6. The highest BCUT2D eigenvalue weighted by atomic mass is 16.3. The Labute approximate surface area is 378 Å². The Balaban J connectivity index is 1.07. The first-order chi connectivity index (χ1) is 32.7. The lowest BCUT2D eigenvalue weighted by molar-refractivity contribution is 0.669. The van der Waals surface area contributed by atoms with Gasteiger partial charge in [-0.25, -0.2) is 0 Å². The first-order valence-corrected chi connectivity index (χ1v) is 22.3. The standard InChI is InChI=1S/C61H36N4O/c62-37-38-22-24-39(25-23-38)40-26-28-41(29-27-40)42-32-44(34-45(33-42)64-53-18-8-5-15-47(53)51-35-52-48-16-7-11-21-58(48)66-59(52)36-57(51)64)63-55-20-10-6-17-50(55)60-56(63)31-30-49-46-14-4-9-19-54(46)65(61(49)60)43-12-2-1-3-13-43/h1-36H. The van der Waals surface area contributed by atoms with Gasteiger partial charge in [-0.1, -0.05) is 133 Å². The number of furan rings is 1. The predicted octanol–water partition coefficient (Wildman–Crippen LogP) is 16.1. The quantitative estimate of drug-likeness (QED) is 0.173. The number of fused-ring (bicyclic) bond motifs is 13. The van der Waals surface area contributed by atoms with Gasteiger partial charge in [-0.05, 0) is 101 Å². The zero-order valence-corrected chi connectivity index (χ0v) is 35.5. The Morgan fingerprint density at radius 2 is 0.864 bits per heavy atom. The van der Waals surface area contributed by atoms with Gasteiger partial charge >= 0.3 is 0 Å². The van der Waals surface area contributed by atoms with E-state index in [4.69, 9.17) is 4.42 Å². The summed E-state index contributed by atoms with van der Waals surface area (Å²) >= 11 is 0. The zero-order chi connectivity index (χ0) is 43.5. The molecule has 0 aliphatic carbocycles.